The maximum atomic E-state index is 13.1. The van der Waals surface area contributed by atoms with E-state index in [9.17, 15) is 8.78 Å². The number of nitrogens with one attached hydrogen (secondary N) is 1. The standard InChI is InChI=1S/C14H20F2N2/c1-11-10-18(5-2-4-17-11)6-3-12-7-13(15)9-14(16)8-12/h7-9,11,17H,2-6,10H2,1H3. The summed E-state index contributed by atoms with van der Waals surface area (Å²) < 4.78 is 26.1. The van der Waals surface area contributed by atoms with Gasteiger partial charge < -0.3 is 10.2 Å². The molecule has 0 aromatic heterocycles. The smallest absolute Gasteiger partial charge is 0.126 e. The van der Waals surface area contributed by atoms with Crippen molar-refractivity contribution in [2.24, 2.45) is 0 Å². The Hall–Kier alpha value is -1.00. The molecule has 0 saturated carbocycles. The highest BCUT2D eigenvalue weighted by Gasteiger charge is 2.13. The summed E-state index contributed by atoms with van der Waals surface area (Å²) in [5.74, 6) is -0.980. The van der Waals surface area contributed by atoms with E-state index in [0.717, 1.165) is 44.2 Å². The van der Waals surface area contributed by atoms with Crippen LogP contribution in [0.4, 0.5) is 8.78 Å². The van der Waals surface area contributed by atoms with Gasteiger partial charge in [-0.05, 0) is 50.6 Å². The van der Waals surface area contributed by atoms with E-state index in [0.29, 0.717) is 12.5 Å². The molecule has 0 bridgehead atoms. The van der Waals surface area contributed by atoms with E-state index in [1.165, 1.54) is 12.1 Å². The third kappa shape index (κ3) is 4.03. The molecule has 4 heteroatoms. The minimum atomic E-state index is -0.490. The fourth-order valence-electron chi connectivity index (χ4n) is 2.44. The van der Waals surface area contributed by atoms with Crippen molar-refractivity contribution in [3.05, 3.63) is 35.4 Å². The third-order valence-corrected chi connectivity index (χ3v) is 3.32. The zero-order chi connectivity index (χ0) is 13.0. The number of benzene rings is 1. The lowest BCUT2D eigenvalue weighted by atomic mass is 10.1. The molecule has 2 nitrogen and oxygen atoms in total. The monoisotopic (exact) mass is 254 g/mol. The van der Waals surface area contributed by atoms with Crippen LogP contribution in [0, 0.1) is 11.6 Å². The molecule has 0 spiro atoms. The fourth-order valence-corrected chi connectivity index (χ4v) is 2.44. The summed E-state index contributed by atoms with van der Waals surface area (Å²) in [6, 6.07) is 4.24. The molecule has 1 saturated heterocycles. The van der Waals surface area contributed by atoms with Crippen molar-refractivity contribution in [1.82, 2.24) is 10.2 Å². The van der Waals surface area contributed by atoms with Gasteiger partial charge in [-0.1, -0.05) is 0 Å². The van der Waals surface area contributed by atoms with Gasteiger partial charge in [0.25, 0.3) is 0 Å². The summed E-state index contributed by atoms with van der Waals surface area (Å²) in [5.41, 5.74) is 0.734. The maximum Gasteiger partial charge on any atom is 0.126 e. The quantitative estimate of drug-likeness (QED) is 0.889. The van der Waals surface area contributed by atoms with Gasteiger partial charge in [-0.25, -0.2) is 8.78 Å². The molecule has 1 atom stereocenters. The molecule has 18 heavy (non-hydrogen) atoms. The highest BCUT2D eigenvalue weighted by molar-refractivity contribution is 5.18. The van der Waals surface area contributed by atoms with E-state index in [1.807, 2.05) is 0 Å². The van der Waals surface area contributed by atoms with Crippen molar-refractivity contribution in [3.8, 4) is 0 Å². The molecule has 100 valence electrons. The molecule has 1 aromatic carbocycles. The largest absolute Gasteiger partial charge is 0.313 e. The van der Waals surface area contributed by atoms with E-state index >= 15 is 0 Å². The lowest BCUT2D eigenvalue weighted by Gasteiger charge is -2.22. The van der Waals surface area contributed by atoms with E-state index in [4.69, 9.17) is 0 Å². The van der Waals surface area contributed by atoms with Gasteiger partial charge in [0.2, 0.25) is 0 Å². The van der Waals surface area contributed by atoms with E-state index < -0.39 is 11.6 Å². The summed E-state index contributed by atoms with van der Waals surface area (Å²) >= 11 is 0. The highest BCUT2D eigenvalue weighted by Crippen LogP contribution is 2.10. The van der Waals surface area contributed by atoms with Crippen LogP contribution in [0.2, 0.25) is 0 Å². The molecule has 1 aliphatic heterocycles. The number of halogens is 2. The molecule has 0 aliphatic carbocycles. The van der Waals surface area contributed by atoms with Crippen molar-refractivity contribution in [3.63, 3.8) is 0 Å². The number of hydrogen-bond donors (Lipinski definition) is 1. The Kier molecular flexibility index (Phi) is 4.66. The van der Waals surface area contributed by atoms with Gasteiger partial charge in [-0.2, -0.15) is 0 Å². The summed E-state index contributed by atoms with van der Waals surface area (Å²) in [4.78, 5) is 2.35. The Bertz CT molecular complexity index is 375. The predicted molar refractivity (Wildman–Crippen MR) is 68.6 cm³/mol. The zero-order valence-electron chi connectivity index (χ0n) is 10.8. The van der Waals surface area contributed by atoms with Gasteiger partial charge in [0, 0.05) is 25.2 Å². The second kappa shape index (κ2) is 6.25. The van der Waals surface area contributed by atoms with Crippen molar-refractivity contribution >= 4 is 0 Å². The molecule has 1 aliphatic rings. The highest BCUT2D eigenvalue weighted by atomic mass is 19.1. The van der Waals surface area contributed by atoms with Crippen molar-refractivity contribution < 1.29 is 8.78 Å². The second-order valence-corrected chi connectivity index (χ2v) is 5.04. The Morgan fingerprint density at radius 1 is 1.28 bits per heavy atom. The number of hydrogen-bond acceptors (Lipinski definition) is 2. The van der Waals surface area contributed by atoms with E-state index in [2.05, 4.69) is 17.1 Å². The fraction of sp³-hybridized carbons (Fsp3) is 0.571. The summed E-state index contributed by atoms with van der Waals surface area (Å²) in [7, 11) is 0. The molecular formula is C14H20F2N2. The first-order valence-electron chi connectivity index (χ1n) is 6.54. The predicted octanol–water partition coefficient (Wildman–Crippen LogP) is 2.19. The van der Waals surface area contributed by atoms with Crippen LogP contribution in [-0.4, -0.2) is 37.1 Å². The molecule has 0 amide bonds. The minimum Gasteiger partial charge on any atom is -0.313 e. The topological polar surface area (TPSA) is 15.3 Å². The third-order valence-electron chi connectivity index (χ3n) is 3.32. The van der Waals surface area contributed by atoms with Gasteiger partial charge >= 0.3 is 0 Å². The van der Waals surface area contributed by atoms with Crippen LogP contribution in [0.1, 0.15) is 18.9 Å². The van der Waals surface area contributed by atoms with Crippen LogP contribution < -0.4 is 5.32 Å². The molecule has 1 N–H and O–H groups in total. The van der Waals surface area contributed by atoms with Crippen molar-refractivity contribution in [1.29, 1.82) is 0 Å². The Balaban J connectivity index is 1.89. The van der Waals surface area contributed by atoms with E-state index in [-0.39, 0.29) is 0 Å². The number of nitrogens with zero attached hydrogens (tertiary/aromatic N) is 1. The Morgan fingerprint density at radius 3 is 2.72 bits per heavy atom. The summed E-state index contributed by atoms with van der Waals surface area (Å²) in [5, 5.41) is 3.43. The average Bonchev–Trinajstić information content (AvgIpc) is 2.50. The lowest BCUT2D eigenvalue weighted by molar-refractivity contribution is 0.276. The van der Waals surface area contributed by atoms with Crippen LogP contribution >= 0.6 is 0 Å². The molecular weight excluding hydrogens is 234 g/mol. The first-order valence-corrected chi connectivity index (χ1v) is 6.54. The first-order chi connectivity index (χ1) is 8.63. The van der Waals surface area contributed by atoms with Crippen LogP contribution in [0.5, 0.6) is 0 Å². The van der Waals surface area contributed by atoms with Crippen LogP contribution in [0.3, 0.4) is 0 Å². The van der Waals surface area contributed by atoms with E-state index in [1.54, 1.807) is 0 Å². The normalized spacial score (nSPS) is 21.8. The van der Waals surface area contributed by atoms with Gasteiger partial charge in [0.1, 0.15) is 11.6 Å². The summed E-state index contributed by atoms with van der Waals surface area (Å²) in [6.07, 6.45) is 1.82. The Labute approximate surface area is 107 Å². The minimum absolute atomic E-state index is 0.483. The van der Waals surface area contributed by atoms with Gasteiger partial charge in [-0.3, -0.25) is 0 Å². The van der Waals surface area contributed by atoms with Gasteiger partial charge in [-0.15, -0.1) is 0 Å². The second-order valence-electron chi connectivity index (χ2n) is 5.04. The molecule has 0 radical (unpaired) electrons. The van der Waals surface area contributed by atoms with Gasteiger partial charge in [0.15, 0.2) is 0 Å². The average molecular weight is 254 g/mol. The molecule has 1 aromatic rings. The zero-order valence-corrected chi connectivity index (χ0v) is 10.8. The van der Waals surface area contributed by atoms with Crippen LogP contribution in [0.25, 0.3) is 0 Å². The van der Waals surface area contributed by atoms with Crippen molar-refractivity contribution in [2.75, 3.05) is 26.2 Å². The van der Waals surface area contributed by atoms with Crippen molar-refractivity contribution in [2.45, 2.75) is 25.8 Å². The molecule has 1 heterocycles. The number of rotatable bonds is 3. The van der Waals surface area contributed by atoms with Gasteiger partial charge in [0.05, 0.1) is 0 Å². The Morgan fingerprint density at radius 2 is 2.00 bits per heavy atom. The molecule has 2 rings (SSSR count). The molecule has 1 unspecified atom stereocenters. The maximum absolute atomic E-state index is 13.1. The molecule has 1 fully saturated rings. The summed E-state index contributed by atoms with van der Waals surface area (Å²) in [6.45, 7) is 6.12. The lowest BCUT2D eigenvalue weighted by Crippen LogP contribution is -2.36. The SMILES string of the molecule is CC1CN(CCc2cc(F)cc(F)c2)CCCN1. The van der Waals surface area contributed by atoms with Crippen LogP contribution in [0.15, 0.2) is 18.2 Å². The van der Waals surface area contributed by atoms with Crippen LogP contribution in [-0.2, 0) is 6.42 Å². The first kappa shape index (κ1) is 13.4.